The highest BCUT2D eigenvalue weighted by Crippen LogP contribution is 2.23. The van der Waals surface area contributed by atoms with Gasteiger partial charge in [0.15, 0.2) is 0 Å². The Morgan fingerprint density at radius 2 is 1.90 bits per heavy atom. The van der Waals surface area contributed by atoms with Crippen LogP contribution in [0.25, 0.3) is 0 Å². The van der Waals surface area contributed by atoms with E-state index in [1.807, 2.05) is 0 Å². The molecule has 106 valence electrons. The minimum atomic E-state index is 0.380. The van der Waals surface area contributed by atoms with E-state index in [1.54, 1.807) is 0 Å². The molecule has 0 spiro atoms. The third-order valence-electron chi connectivity index (χ3n) is 3.53. The van der Waals surface area contributed by atoms with Crippen molar-refractivity contribution in [3.8, 4) is 0 Å². The summed E-state index contributed by atoms with van der Waals surface area (Å²) in [7, 11) is 0. The van der Waals surface area contributed by atoms with Gasteiger partial charge < -0.3 is 5.32 Å². The molecular weight excluding hydrogens is 310 g/mol. The summed E-state index contributed by atoms with van der Waals surface area (Å²) in [6.45, 7) is 5.45. The maximum Gasteiger partial charge on any atom is 0.0363 e. The van der Waals surface area contributed by atoms with Crippen LogP contribution in [0.3, 0.4) is 0 Å². The predicted molar refractivity (Wildman–Crippen MR) is 90.1 cm³/mol. The number of halogens is 1. The van der Waals surface area contributed by atoms with E-state index in [0.717, 1.165) is 23.9 Å². The van der Waals surface area contributed by atoms with Crippen molar-refractivity contribution in [1.29, 1.82) is 0 Å². The fourth-order valence-corrected chi connectivity index (χ4v) is 2.93. The van der Waals surface area contributed by atoms with Gasteiger partial charge in [0, 0.05) is 10.5 Å². The van der Waals surface area contributed by atoms with Gasteiger partial charge in [0.05, 0.1) is 0 Å². The van der Waals surface area contributed by atoms with Crippen molar-refractivity contribution in [3.05, 3.63) is 69.7 Å². The molecule has 0 aromatic heterocycles. The van der Waals surface area contributed by atoms with Crippen LogP contribution < -0.4 is 5.32 Å². The molecule has 0 aliphatic carbocycles. The van der Waals surface area contributed by atoms with E-state index < -0.39 is 0 Å². The number of nitrogens with one attached hydrogen (secondary N) is 1. The van der Waals surface area contributed by atoms with Crippen LogP contribution in [0, 0.1) is 6.92 Å². The lowest BCUT2D eigenvalue weighted by Gasteiger charge is -2.21. The van der Waals surface area contributed by atoms with E-state index in [-0.39, 0.29) is 0 Å². The first-order valence-electron chi connectivity index (χ1n) is 7.24. The average molecular weight is 332 g/mol. The Hall–Kier alpha value is -1.12. The molecule has 2 heteroatoms. The minimum absolute atomic E-state index is 0.380. The van der Waals surface area contributed by atoms with Crippen molar-refractivity contribution in [3.63, 3.8) is 0 Å². The largest absolute Gasteiger partial charge is 0.310 e. The van der Waals surface area contributed by atoms with E-state index in [4.69, 9.17) is 0 Å². The quantitative estimate of drug-likeness (QED) is 0.781. The molecule has 0 amide bonds. The second-order valence-corrected chi connectivity index (χ2v) is 6.11. The van der Waals surface area contributed by atoms with Crippen LogP contribution >= 0.6 is 15.9 Å². The zero-order valence-corrected chi connectivity index (χ0v) is 13.8. The molecule has 0 heterocycles. The summed E-state index contributed by atoms with van der Waals surface area (Å²) in [5.41, 5.74) is 4.12. The van der Waals surface area contributed by atoms with Crippen LogP contribution in [0.5, 0.6) is 0 Å². The topological polar surface area (TPSA) is 12.0 Å². The lowest BCUT2D eigenvalue weighted by Crippen LogP contribution is -2.24. The van der Waals surface area contributed by atoms with Gasteiger partial charge in [0.2, 0.25) is 0 Å². The highest BCUT2D eigenvalue weighted by molar-refractivity contribution is 9.10. The van der Waals surface area contributed by atoms with Gasteiger partial charge in [-0.2, -0.15) is 0 Å². The van der Waals surface area contributed by atoms with E-state index in [9.17, 15) is 0 Å². The van der Waals surface area contributed by atoms with Crippen molar-refractivity contribution in [2.75, 3.05) is 6.54 Å². The Kier molecular flexibility index (Phi) is 5.81. The molecule has 0 radical (unpaired) electrons. The average Bonchev–Trinajstić information content (AvgIpc) is 2.44. The van der Waals surface area contributed by atoms with Gasteiger partial charge in [-0.25, -0.2) is 0 Å². The van der Waals surface area contributed by atoms with Crippen LogP contribution in [0.1, 0.15) is 36.1 Å². The molecule has 0 aliphatic rings. The maximum atomic E-state index is 3.68. The number of benzene rings is 2. The van der Waals surface area contributed by atoms with Gasteiger partial charge in [-0.1, -0.05) is 59.3 Å². The summed E-state index contributed by atoms with van der Waals surface area (Å²) in [4.78, 5) is 0. The first-order chi connectivity index (χ1) is 9.70. The monoisotopic (exact) mass is 331 g/mol. The lowest BCUT2D eigenvalue weighted by molar-refractivity contribution is 0.527. The van der Waals surface area contributed by atoms with E-state index in [2.05, 4.69) is 83.6 Å². The number of rotatable bonds is 6. The summed E-state index contributed by atoms with van der Waals surface area (Å²) in [5, 5.41) is 3.68. The van der Waals surface area contributed by atoms with E-state index in [0.29, 0.717) is 6.04 Å². The molecule has 0 aliphatic heterocycles. The first kappa shape index (κ1) is 15.3. The van der Waals surface area contributed by atoms with Crippen LogP contribution in [0.2, 0.25) is 0 Å². The summed E-state index contributed by atoms with van der Waals surface area (Å²) in [5.74, 6) is 0. The first-order valence-corrected chi connectivity index (χ1v) is 8.03. The highest BCUT2D eigenvalue weighted by atomic mass is 79.9. The second kappa shape index (κ2) is 7.61. The Bertz CT molecular complexity index is 551. The van der Waals surface area contributed by atoms with Gasteiger partial charge in [-0.05, 0) is 55.1 Å². The summed E-state index contributed by atoms with van der Waals surface area (Å²) in [6, 6.07) is 17.6. The Balaban J connectivity index is 2.22. The van der Waals surface area contributed by atoms with Crippen LogP contribution in [0.4, 0.5) is 0 Å². The van der Waals surface area contributed by atoms with Crippen molar-refractivity contribution in [2.24, 2.45) is 0 Å². The SMILES string of the molecule is CCCNC(Cc1cccc(Br)c1)c1ccccc1C. The molecule has 0 bridgehead atoms. The van der Waals surface area contributed by atoms with Crippen LogP contribution in [-0.2, 0) is 6.42 Å². The fraction of sp³-hybridized carbons (Fsp3) is 0.333. The molecule has 0 fully saturated rings. The number of aryl methyl sites for hydroxylation is 1. The van der Waals surface area contributed by atoms with Crippen LogP contribution in [0.15, 0.2) is 53.0 Å². The molecule has 1 atom stereocenters. The third-order valence-corrected chi connectivity index (χ3v) is 4.03. The lowest BCUT2D eigenvalue weighted by atomic mass is 9.95. The standard InChI is InChI=1S/C18H22BrN/c1-3-11-20-18(17-10-5-4-7-14(17)2)13-15-8-6-9-16(19)12-15/h4-10,12,18,20H,3,11,13H2,1-2H3. The summed E-state index contributed by atoms with van der Waals surface area (Å²) >= 11 is 3.56. The molecule has 2 rings (SSSR count). The molecule has 20 heavy (non-hydrogen) atoms. The van der Waals surface area contributed by atoms with Crippen molar-refractivity contribution in [1.82, 2.24) is 5.32 Å². The normalized spacial score (nSPS) is 12.3. The molecule has 0 saturated heterocycles. The Morgan fingerprint density at radius 3 is 2.60 bits per heavy atom. The molecule has 2 aromatic carbocycles. The fourth-order valence-electron chi connectivity index (χ4n) is 2.49. The second-order valence-electron chi connectivity index (χ2n) is 5.20. The molecule has 1 N–H and O–H groups in total. The number of hydrogen-bond acceptors (Lipinski definition) is 1. The van der Waals surface area contributed by atoms with Crippen molar-refractivity contribution in [2.45, 2.75) is 32.7 Å². The zero-order chi connectivity index (χ0) is 14.4. The van der Waals surface area contributed by atoms with Crippen molar-refractivity contribution < 1.29 is 0 Å². The molecule has 1 unspecified atom stereocenters. The minimum Gasteiger partial charge on any atom is -0.310 e. The predicted octanol–water partition coefficient (Wildman–Crippen LogP) is 5.04. The molecule has 0 saturated carbocycles. The maximum absolute atomic E-state index is 3.68. The zero-order valence-electron chi connectivity index (χ0n) is 12.2. The third kappa shape index (κ3) is 4.19. The number of hydrogen-bond donors (Lipinski definition) is 1. The smallest absolute Gasteiger partial charge is 0.0363 e. The summed E-state index contributed by atoms with van der Waals surface area (Å²) < 4.78 is 1.15. The van der Waals surface area contributed by atoms with Gasteiger partial charge in [0.1, 0.15) is 0 Å². The van der Waals surface area contributed by atoms with Gasteiger partial charge >= 0.3 is 0 Å². The molecule has 1 nitrogen and oxygen atoms in total. The van der Waals surface area contributed by atoms with Gasteiger partial charge in [-0.15, -0.1) is 0 Å². The highest BCUT2D eigenvalue weighted by Gasteiger charge is 2.13. The van der Waals surface area contributed by atoms with Gasteiger partial charge in [0.25, 0.3) is 0 Å². The molecular formula is C18H22BrN. The van der Waals surface area contributed by atoms with Crippen LogP contribution in [-0.4, -0.2) is 6.54 Å². The van der Waals surface area contributed by atoms with Crippen molar-refractivity contribution >= 4 is 15.9 Å². The van der Waals surface area contributed by atoms with E-state index >= 15 is 0 Å². The Labute approximate surface area is 130 Å². The van der Waals surface area contributed by atoms with Gasteiger partial charge in [-0.3, -0.25) is 0 Å². The Morgan fingerprint density at radius 1 is 1.10 bits per heavy atom. The molecule has 2 aromatic rings. The van der Waals surface area contributed by atoms with E-state index in [1.165, 1.54) is 16.7 Å². The summed E-state index contributed by atoms with van der Waals surface area (Å²) in [6.07, 6.45) is 2.17.